The third-order valence-electron chi connectivity index (χ3n) is 2.96. The quantitative estimate of drug-likeness (QED) is 0.473. The lowest BCUT2D eigenvalue weighted by molar-refractivity contribution is -0.0693. The molecule has 19 heavy (non-hydrogen) atoms. The summed E-state index contributed by atoms with van der Waals surface area (Å²) in [6.07, 6.45) is -1.62. The Kier molecular flexibility index (Phi) is 5.11. The van der Waals surface area contributed by atoms with Crippen molar-refractivity contribution in [3.05, 3.63) is 12.7 Å². The Labute approximate surface area is 110 Å². The fraction of sp³-hybridized carbons (Fsp3) is 0.667. The minimum atomic E-state index is -4.51. The molecule has 0 radical (unpaired) electrons. The lowest BCUT2D eigenvalue weighted by atomic mass is 10.2. The van der Waals surface area contributed by atoms with Crippen molar-refractivity contribution in [3.8, 4) is 0 Å². The van der Waals surface area contributed by atoms with E-state index in [9.17, 15) is 13.2 Å². The summed E-state index contributed by atoms with van der Waals surface area (Å²) in [4.78, 5) is 8.38. The zero-order valence-electron chi connectivity index (χ0n) is 11.1. The van der Waals surface area contributed by atoms with Crippen molar-refractivity contribution in [3.63, 3.8) is 0 Å². The smallest absolute Gasteiger partial charge is 0.339 e. The van der Waals surface area contributed by atoms with Crippen molar-refractivity contribution >= 4 is 11.5 Å². The Morgan fingerprint density at radius 1 is 1.53 bits per heavy atom. The number of alkyl halides is 3. The number of rotatable bonds is 5. The van der Waals surface area contributed by atoms with Crippen LogP contribution in [-0.4, -0.2) is 49.4 Å². The molecule has 1 saturated carbocycles. The molecule has 0 heterocycles. The number of hydrogen-bond acceptors (Lipinski definition) is 3. The molecule has 1 fully saturated rings. The molecule has 1 aliphatic carbocycles. The van der Waals surface area contributed by atoms with Crippen LogP contribution in [0.25, 0.3) is 0 Å². The van der Waals surface area contributed by atoms with Gasteiger partial charge in [0.25, 0.3) is 0 Å². The fourth-order valence-corrected chi connectivity index (χ4v) is 1.70. The van der Waals surface area contributed by atoms with E-state index in [1.807, 2.05) is 0 Å². The highest BCUT2D eigenvalue weighted by molar-refractivity contribution is 5.98. The third kappa shape index (κ3) is 4.34. The number of allylic oxidation sites excluding steroid dienone is 1. The summed E-state index contributed by atoms with van der Waals surface area (Å²) >= 11 is 0. The molecule has 0 aliphatic heterocycles. The van der Waals surface area contributed by atoms with Gasteiger partial charge in [-0.2, -0.15) is 13.2 Å². The topological polar surface area (TPSA) is 54.0 Å². The predicted molar refractivity (Wildman–Crippen MR) is 70.4 cm³/mol. The first-order chi connectivity index (χ1) is 8.81. The number of nitrogens with two attached hydrogens (primary N) is 1. The average molecular weight is 276 g/mol. The van der Waals surface area contributed by atoms with Gasteiger partial charge in [-0.05, 0) is 18.9 Å². The van der Waals surface area contributed by atoms with Gasteiger partial charge in [0.15, 0.2) is 0 Å². The minimum Gasteiger partial charge on any atom is -0.339 e. The number of aliphatic imine (C=N–C) groups is 2. The summed E-state index contributed by atoms with van der Waals surface area (Å²) in [5, 5.41) is 0. The molecule has 0 aromatic carbocycles. The second-order valence-corrected chi connectivity index (χ2v) is 4.47. The van der Waals surface area contributed by atoms with Crippen LogP contribution in [0.2, 0.25) is 0 Å². The Morgan fingerprint density at radius 3 is 2.47 bits per heavy atom. The lowest BCUT2D eigenvalue weighted by Crippen LogP contribution is -2.50. The summed E-state index contributed by atoms with van der Waals surface area (Å²) in [7, 11) is 2.36. The normalized spacial score (nSPS) is 19.3. The molecule has 0 aromatic rings. The summed E-state index contributed by atoms with van der Waals surface area (Å²) in [5.74, 6) is -0.598. The third-order valence-corrected chi connectivity index (χ3v) is 2.96. The van der Waals surface area contributed by atoms with Crippen molar-refractivity contribution in [2.45, 2.75) is 25.2 Å². The maximum absolute atomic E-state index is 12.7. The molecule has 4 nitrogen and oxygen atoms in total. The highest BCUT2D eigenvalue weighted by atomic mass is 19.4. The van der Waals surface area contributed by atoms with E-state index in [1.54, 1.807) is 6.08 Å². The van der Waals surface area contributed by atoms with Crippen LogP contribution in [-0.2, 0) is 0 Å². The maximum atomic E-state index is 12.7. The summed E-state index contributed by atoms with van der Waals surface area (Å²) in [5.41, 5.74) is 6.54. The van der Waals surface area contributed by atoms with Gasteiger partial charge in [-0.3, -0.25) is 9.98 Å². The molecule has 108 valence electrons. The van der Waals surface area contributed by atoms with Crippen LogP contribution < -0.4 is 5.73 Å². The first kappa shape index (κ1) is 15.7. The van der Waals surface area contributed by atoms with Gasteiger partial charge in [0.1, 0.15) is 0 Å². The molecule has 0 aromatic heterocycles. The van der Waals surface area contributed by atoms with Gasteiger partial charge in [-0.1, -0.05) is 6.58 Å². The van der Waals surface area contributed by atoms with Gasteiger partial charge in [-0.25, -0.2) is 0 Å². The number of likely N-dealkylation sites (N-methyl/N-ethyl adjacent to an activating group) is 1. The van der Waals surface area contributed by atoms with Gasteiger partial charge in [0.2, 0.25) is 5.84 Å². The van der Waals surface area contributed by atoms with Gasteiger partial charge in [0.05, 0.1) is 12.7 Å². The Morgan fingerprint density at radius 2 is 2.11 bits per heavy atom. The molecule has 0 amide bonds. The molecule has 1 atom stereocenters. The van der Waals surface area contributed by atoms with E-state index in [4.69, 9.17) is 5.73 Å². The molecule has 2 N–H and O–H groups in total. The predicted octanol–water partition coefficient (Wildman–Crippen LogP) is 1.83. The van der Waals surface area contributed by atoms with Crippen LogP contribution in [0.3, 0.4) is 0 Å². The molecular formula is C12H19F3N4. The molecule has 1 unspecified atom stereocenters. The lowest BCUT2D eigenvalue weighted by Gasteiger charge is -2.27. The van der Waals surface area contributed by atoms with E-state index in [2.05, 4.69) is 16.6 Å². The number of halogens is 3. The van der Waals surface area contributed by atoms with Crippen LogP contribution in [0.5, 0.6) is 0 Å². The molecule has 0 spiro atoms. The van der Waals surface area contributed by atoms with Crippen LogP contribution in [0.4, 0.5) is 13.2 Å². The van der Waals surface area contributed by atoms with E-state index >= 15 is 0 Å². The van der Waals surface area contributed by atoms with E-state index in [-0.39, 0.29) is 6.54 Å². The Balaban J connectivity index is 2.66. The van der Waals surface area contributed by atoms with Crippen molar-refractivity contribution < 1.29 is 13.2 Å². The highest BCUT2D eigenvalue weighted by Gasteiger charge is 2.39. The van der Waals surface area contributed by atoms with E-state index < -0.39 is 18.2 Å². The largest absolute Gasteiger partial charge is 0.449 e. The zero-order valence-corrected chi connectivity index (χ0v) is 11.1. The summed E-state index contributed by atoms with van der Waals surface area (Å²) < 4.78 is 38.0. The fourth-order valence-electron chi connectivity index (χ4n) is 1.70. The average Bonchev–Trinajstić information content (AvgIpc) is 3.12. The van der Waals surface area contributed by atoms with Gasteiger partial charge in [-0.15, -0.1) is 0 Å². The first-order valence-corrected chi connectivity index (χ1v) is 6.00. The highest BCUT2D eigenvalue weighted by Crippen LogP contribution is 2.31. The second-order valence-electron chi connectivity index (χ2n) is 4.47. The van der Waals surface area contributed by atoms with E-state index in [0.717, 1.165) is 30.5 Å². The van der Waals surface area contributed by atoms with Crippen molar-refractivity contribution in [2.75, 3.05) is 20.6 Å². The minimum absolute atomic E-state index is 0.0868. The van der Waals surface area contributed by atoms with Crippen molar-refractivity contribution in [1.29, 1.82) is 0 Å². The van der Waals surface area contributed by atoms with Crippen LogP contribution in [0.1, 0.15) is 12.8 Å². The summed E-state index contributed by atoms with van der Waals surface area (Å²) in [6.45, 7) is 3.73. The van der Waals surface area contributed by atoms with Crippen LogP contribution in [0.15, 0.2) is 22.6 Å². The van der Waals surface area contributed by atoms with E-state index in [0.29, 0.717) is 5.92 Å². The van der Waals surface area contributed by atoms with E-state index in [1.165, 1.54) is 7.05 Å². The number of hydrogen-bond donors (Lipinski definition) is 1. The molecule has 1 rings (SSSR count). The summed E-state index contributed by atoms with van der Waals surface area (Å²) in [6, 6.07) is 0. The molecule has 1 aliphatic rings. The van der Waals surface area contributed by atoms with Crippen LogP contribution in [0, 0.1) is 5.92 Å². The maximum Gasteiger partial charge on any atom is 0.449 e. The Hall–Kier alpha value is -1.37. The molecule has 0 saturated heterocycles. The second kappa shape index (κ2) is 6.18. The first-order valence-electron chi connectivity index (χ1n) is 6.00. The molecular weight excluding hydrogens is 257 g/mol. The zero-order chi connectivity index (χ0) is 14.6. The van der Waals surface area contributed by atoms with Crippen LogP contribution >= 0.6 is 0 Å². The SMILES string of the molecule is C=C/C(=N\CC(N)N(C)/C(=N\C)C(F)(F)F)C1CC1. The van der Waals surface area contributed by atoms with Gasteiger partial charge >= 0.3 is 6.18 Å². The molecule has 0 bridgehead atoms. The monoisotopic (exact) mass is 276 g/mol. The molecule has 7 heteroatoms. The van der Waals surface area contributed by atoms with Gasteiger partial charge in [0, 0.05) is 25.7 Å². The Bertz CT molecular complexity index is 383. The standard InChI is InChI=1S/C12H19F3N4/c1-4-9(8-5-6-8)18-7-10(16)19(3)11(17-2)12(13,14)15/h4,8,10H,1,5-7,16H2,2-3H3/b17-11-,18-9+. The number of amidine groups is 1. The number of nitrogens with zero attached hydrogens (tertiary/aromatic N) is 3. The van der Waals surface area contributed by atoms with Crippen molar-refractivity contribution in [2.24, 2.45) is 21.6 Å². The van der Waals surface area contributed by atoms with Crippen molar-refractivity contribution in [1.82, 2.24) is 4.90 Å². The van der Waals surface area contributed by atoms with Gasteiger partial charge < -0.3 is 10.6 Å².